The van der Waals surface area contributed by atoms with Crippen LogP contribution in [0.4, 0.5) is 0 Å². The fourth-order valence-corrected chi connectivity index (χ4v) is 3.38. The molecule has 6 heteroatoms. The van der Waals surface area contributed by atoms with E-state index in [2.05, 4.69) is 39.0 Å². The minimum Gasteiger partial charge on any atom is -0.497 e. The molecule has 0 radical (unpaired) electrons. The summed E-state index contributed by atoms with van der Waals surface area (Å²) in [5.74, 6) is 3.13. The number of nitrogens with zero attached hydrogens (tertiary/aromatic N) is 4. The molecule has 1 aromatic carbocycles. The Hall–Kier alpha value is -1.92. The van der Waals surface area contributed by atoms with Crippen molar-refractivity contribution in [3.63, 3.8) is 0 Å². The summed E-state index contributed by atoms with van der Waals surface area (Å²) in [6.07, 6.45) is 2.41. The molecule has 0 bridgehead atoms. The van der Waals surface area contributed by atoms with Crippen molar-refractivity contribution >= 4 is 0 Å². The average molecular weight is 342 g/mol. The molecule has 0 spiro atoms. The highest BCUT2D eigenvalue weighted by Crippen LogP contribution is 2.38. The molecule has 1 aromatic heterocycles. The molecule has 2 heterocycles. The van der Waals surface area contributed by atoms with E-state index < -0.39 is 0 Å². The van der Waals surface area contributed by atoms with Crippen LogP contribution in [-0.4, -0.2) is 53.2 Å². The zero-order valence-corrected chi connectivity index (χ0v) is 15.0. The Balaban J connectivity index is 1.29. The molecule has 2 aliphatic rings. The molecule has 1 saturated heterocycles. The molecule has 134 valence electrons. The van der Waals surface area contributed by atoms with Gasteiger partial charge in [-0.05, 0) is 37.5 Å². The standard InChI is InChI=1S/C19H26N4O2/c1-14(19-20-18(21-25-19)16-5-6-16)23-11-9-22(10-12-23)13-15-3-7-17(24-2)8-4-15/h3-4,7-8,14,16H,5-6,9-13H2,1-2H3/t14-/m1/s1. The Kier molecular flexibility index (Phi) is 4.72. The summed E-state index contributed by atoms with van der Waals surface area (Å²) in [4.78, 5) is 9.54. The third kappa shape index (κ3) is 3.85. The van der Waals surface area contributed by atoms with Gasteiger partial charge in [0, 0.05) is 38.6 Å². The van der Waals surface area contributed by atoms with Crippen LogP contribution in [0, 0.1) is 0 Å². The molecule has 0 amide bonds. The molecule has 1 saturated carbocycles. The van der Waals surface area contributed by atoms with Crippen LogP contribution in [0.1, 0.15) is 49.0 Å². The molecule has 1 aliphatic heterocycles. The third-order valence-corrected chi connectivity index (χ3v) is 5.28. The summed E-state index contributed by atoms with van der Waals surface area (Å²) in [6.45, 7) is 7.32. The summed E-state index contributed by atoms with van der Waals surface area (Å²) < 4.78 is 10.7. The Morgan fingerprint density at radius 3 is 2.52 bits per heavy atom. The largest absolute Gasteiger partial charge is 0.497 e. The van der Waals surface area contributed by atoms with Crippen LogP contribution < -0.4 is 4.74 Å². The predicted octanol–water partition coefficient (Wildman–Crippen LogP) is 2.83. The Morgan fingerprint density at radius 2 is 1.88 bits per heavy atom. The Morgan fingerprint density at radius 1 is 1.16 bits per heavy atom. The third-order valence-electron chi connectivity index (χ3n) is 5.28. The number of hydrogen-bond acceptors (Lipinski definition) is 6. The van der Waals surface area contributed by atoms with Gasteiger partial charge in [0.05, 0.1) is 13.2 Å². The minimum absolute atomic E-state index is 0.197. The van der Waals surface area contributed by atoms with Crippen molar-refractivity contribution < 1.29 is 9.26 Å². The smallest absolute Gasteiger partial charge is 0.243 e. The second kappa shape index (κ2) is 7.14. The second-order valence-electron chi connectivity index (χ2n) is 7.10. The van der Waals surface area contributed by atoms with Gasteiger partial charge in [0.2, 0.25) is 5.89 Å². The van der Waals surface area contributed by atoms with E-state index in [1.165, 1.54) is 18.4 Å². The van der Waals surface area contributed by atoms with Crippen LogP contribution in [0.25, 0.3) is 0 Å². The SMILES string of the molecule is COc1ccc(CN2CCN([C@H](C)c3nc(C4CC4)no3)CC2)cc1. The normalized spacial score (nSPS) is 20.6. The van der Waals surface area contributed by atoms with Crippen LogP contribution in [-0.2, 0) is 6.54 Å². The van der Waals surface area contributed by atoms with E-state index in [-0.39, 0.29) is 6.04 Å². The zero-order chi connectivity index (χ0) is 17.2. The van der Waals surface area contributed by atoms with Crippen molar-refractivity contribution in [1.82, 2.24) is 19.9 Å². The molecular weight excluding hydrogens is 316 g/mol. The maximum atomic E-state index is 5.50. The lowest BCUT2D eigenvalue weighted by atomic mass is 10.1. The Labute approximate surface area is 148 Å². The molecule has 1 aliphatic carbocycles. The first kappa shape index (κ1) is 16.5. The van der Waals surface area contributed by atoms with E-state index in [1.807, 2.05) is 12.1 Å². The quantitative estimate of drug-likeness (QED) is 0.805. The summed E-state index contributed by atoms with van der Waals surface area (Å²) in [7, 11) is 1.70. The first-order valence-electron chi connectivity index (χ1n) is 9.16. The van der Waals surface area contributed by atoms with Crippen LogP contribution >= 0.6 is 0 Å². The highest BCUT2D eigenvalue weighted by atomic mass is 16.5. The molecular formula is C19H26N4O2. The number of rotatable bonds is 6. The van der Waals surface area contributed by atoms with E-state index >= 15 is 0 Å². The molecule has 6 nitrogen and oxygen atoms in total. The van der Waals surface area contributed by atoms with E-state index in [9.17, 15) is 0 Å². The number of piperazine rings is 1. The van der Waals surface area contributed by atoms with Gasteiger partial charge in [0.15, 0.2) is 5.82 Å². The lowest BCUT2D eigenvalue weighted by Crippen LogP contribution is -2.46. The summed E-state index contributed by atoms with van der Waals surface area (Å²) in [5.41, 5.74) is 1.33. The van der Waals surface area contributed by atoms with Gasteiger partial charge in [-0.15, -0.1) is 0 Å². The number of benzene rings is 1. The van der Waals surface area contributed by atoms with Gasteiger partial charge in [-0.25, -0.2) is 0 Å². The molecule has 0 N–H and O–H groups in total. The lowest BCUT2D eigenvalue weighted by molar-refractivity contribution is 0.0845. The monoisotopic (exact) mass is 342 g/mol. The van der Waals surface area contributed by atoms with Gasteiger partial charge >= 0.3 is 0 Å². The first-order valence-corrected chi connectivity index (χ1v) is 9.16. The van der Waals surface area contributed by atoms with Gasteiger partial charge in [-0.1, -0.05) is 17.3 Å². The van der Waals surface area contributed by atoms with Crippen molar-refractivity contribution in [2.75, 3.05) is 33.3 Å². The molecule has 2 fully saturated rings. The van der Waals surface area contributed by atoms with Gasteiger partial charge in [0.1, 0.15) is 5.75 Å². The zero-order valence-electron chi connectivity index (χ0n) is 15.0. The molecule has 0 unspecified atom stereocenters. The highest BCUT2D eigenvalue weighted by Gasteiger charge is 2.31. The molecule has 1 atom stereocenters. The topological polar surface area (TPSA) is 54.6 Å². The summed E-state index contributed by atoms with van der Waals surface area (Å²) in [5, 5.41) is 4.15. The molecule has 2 aromatic rings. The second-order valence-corrected chi connectivity index (χ2v) is 7.10. The maximum Gasteiger partial charge on any atom is 0.243 e. The van der Waals surface area contributed by atoms with E-state index in [0.29, 0.717) is 5.92 Å². The van der Waals surface area contributed by atoms with Crippen LogP contribution in [0.15, 0.2) is 28.8 Å². The van der Waals surface area contributed by atoms with Crippen molar-refractivity contribution in [2.24, 2.45) is 0 Å². The van der Waals surface area contributed by atoms with Crippen molar-refractivity contribution in [3.8, 4) is 5.75 Å². The number of aromatic nitrogens is 2. The number of hydrogen-bond donors (Lipinski definition) is 0. The van der Waals surface area contributed by atoms with Gasteiger partial charge in [0.25, 0.3) is 0 Å². The predicted molar refractivity (Wildman–Crippen MR) is 94.5 cm³/mol. The van der Waals surface area contributed by atoms with Crippen molar-refractivity contribution in [1.29, 1.82) is 0 Å². The fraction of sp³-hybridized carbons (Fsp3) is 0.579. The summed E-state index contributed by atoms with van der Waals surface area (Å²) >= 11 is 0. The lowest BCUT2D eigenvalue weighted by Gasteiger charge is -2.36. The number of methoxy groups -OCH3 is 1. The van der Waals surface area contributed by atoms with E-state index in [1.54, 1.807) is 7.11 Å². The molecule has 25 heavy (non-hydrogen) atoms. The van der Waals surface area contributed by atoms with Crippen LogP contribution in [0.2, 0.25) is 0 Å². The van der Waals surface area contributed by atoms with Crippen molar-refractivity contribution in [3.05, 3.63) is 41.5 Å². The highest BCUT2D eigenvalue weighted by molar-refractivity contribution is 5.27. The number of ether oxygens (including phenoxy) is 1. The van der Waals surface area contributed by atoms with Crippen molar-refractivity contribution in [2.45, 2.75) is 38.3 Å². The van der Waals surface area contributed by atoms with E-state index in [4.69, 9.17) is 9.26 Å². The minimum atomic E-state index is 0.197. The van der Waals surface area contributed by atoms with Gasteiger partial charge < -0.3 is 9.26 Å². The molecule has 4 rings (SSSR count). The van der Waals surface area contributed by atoms with Gasteiger partial charge in [-0.3, -0.25) is 9.80 Å². The van der Waals surface area contributed by atoms with E-state index in [0.717, 1.165) is 50.2 Å². The van der Waals surface area contributed by atoms with Crippen LogP contribution in [0.5, 0.6) is 5.75 Å². The first-order chi connectivity index (χ1) is 12.2. The maximum absolute atomic E-state index is 5.50. The fourth-order valence-electron chi connectivity index (χ4n) is 3.38. The van der Waals surface area contributed by atoms with Crippen LogP contribution in [0.3, 0.4) is 0 Å². The average Bonchev–Trinajstić information content (AvgIpc) is 3.39. The Bertz CT molecular complexity index is 688. The van der Waals surface area contributed by atoms with Gasteiger partial charge in [-0.2, -0.15) is 4.98 Å². The summed E-state index contributed by atoms with van der Waals surface area (Å²) in [6, 6.07) is 8.54.